The normalized spacial score (nSPS) is 35.8. The summed E-state index contributed by atoms with van der Waals surface area (Å²) in [6.45, 7) is 0. The molecule has 0 amide bonds. The highest BCUT2D eigenvalue weighted by Gasteiger charge is 2.43. The Morgan fingerprint density at radius 3 is 2.92 bits per heavy atom. The topological polar surface area (TPSA) is 52.6 Å². The first-order valence-corrected chi connectivity index (χ1v) is 4.19. The molecule has 0 radical (unpaired) electrons. The third-order valence-electron chi connectivity index (χ3n) is 2.50. The number of fused-ring (bicyclic) bond motifs is 2. The lowest BCUT2D eigenvalue weighted by atomic mass is 9.80. The van der Waals surface area contributed by atoms with E-state index in [1.165, 1.54) is 7.11 Å². The van der Waals surface area contributed by atoms with Gasteiger partial charge < -0.3 is 9.47 Å². The van der Waals surface area contributed by atoms with Crippen molar-refractivity contribution in [1.82, 2.24) is 0 Å². The van der Waals surface area contributed by atoms with Crippen molar-refractivity contribution in [3.8, 4) is 0 Å². The summed E-state index contributed by atoms with van der Waals surface area (Å²) in [4.78, 5) is 22.4. The van der Waals surface area contributed by atoms with Crippen LogP contribution in [0.3, 0.4) is 0 Å². The second-order valence-corrected chi connectivity index (χ2v) is 3.25. The van der Waals surface area contributed by atoms with Crippen molar-refractivity contribution in [2.75, 3.05) is 7.11 Å². The maximum atomic E-state index is 11.2. The van der Waals surface area contributed by atoms with Gasteiger partial charge in [-0.2, -0.15) is 0 Å². The lowest BCUT2D eigenvalue weighted by Gasteiger charge is -2.34. The van der Waals surface area contributed by atoms with E-state index in [1.807, 2.05) is 6.08 Å². The van der Waals surface area contributed by atoms with Crippen molar-refractivity contribution in [1.29, 1.82) is 0 Å². The van der Waals surface area contributed by atoms with Crippen molar-refractivity contribution in [3.05, 3.63) is 12.2 Å². The molecule has 0 aromatic heterocycles. The molecule has 0 N–H and O–H groups in total. The highest BCUT2D eigenvalue weighted by molar-refractivity contribution is 5.85. The van der Waals surface area contributed by atoms with Crippen LogP contribution >= 0.6 is 0 Å². The molecule has 13 heavy (non-hydrogen) atoms. The number of carbonyl (C=O) groups excluding carboxylic acids is 2. The van der Waals surface area contributed by atoms with Crippen molar-refractivity contribution in [2.45, 2.75) is 12.5 Å². The number of esters is 2. The summed E-state index contributed by atoms with van der Waals surface area (Å²) >= 11 is 0. The maximum Gasteiger partial charge on any atom is 0.314 e. The number of carbonyl (C=O) groups is 2. The first-order chi connectivity index (χ1) is 6.22. The highest BCUT2D eigenvalue weighted by Crippen LogP contribution is 2.34. The fourth-order valence-corrected chi connectivity index (χ4v) is 1.81. The molecule has 3 atom stereocenters. The Hall–Kier alpha value is -1.32. The van der Waals surface area contributed by atoms with E-state index >= 15 is 0 Å². The van der Waals surface area contributed by atoms with Crippen molar-refractivity contribution in [3.63, 3.8) is 0 Å². The van der Waals surface area contributed by atoms with Crippen LogP contribution in [0.2, 0.25) is 0 Å². The van der Waals surface area contributed by atoms with E-state index in [0.29, 0.717) is 6.42 Å². The largest absolute Gasteiger partial charge is 0.469 e. The zero-order valence-electron chi connectivity index (χ0n) is 7.23. The second kappa shape index (κ2) is 2.87. The van der Waals surface area contributed by atoms with Crippen LogP contribution in [-0.4, -0.2) is 25.2 Å². The van der Waals surface area contributed by atoms with E-state index in [1.54, 1.807) is 6.08 Å². The molecule has 0 aromatic rings. The molecule has 4 nitrogen and oxygen atoms in total. The molecule has 1 fully saturated rings. The summed E-state index contributed by atoms with van der Waals surface area (Å²) in [5, 5.41) is 0. The van der Waals surface area contributed by atoms with Gasteiger partial charge in [0.25, 0.3) is 0 Å². The Balaban J connectivity index is 2.21. The van der Waals surface area contributed by atoms with E-state index in [-0.39, 0.29) is 24.0 Å². The van der Waals surface area contributed by atoms with E-state index < -0.39 is 5.92 Å². The van der Waals surface area contributed by atoms with Crippen LogP contribution in [0.15, 0.2) is 12.2 Å². The van der Waals surface area contributed by atoms with Gasteiger partial charge in [-0.15, -0.1) is 0 Å². The second-order valence-electron chi connectivity index (χ2n) is 3.25. The van der Waals surface area contributed by atoms with E-state index in [2.05, 4.69) is 4.74 Å². The number of hydrogen-bond donors (Lipinski definition) is 0. The lowest BCUT2D eigenvalue weighted by Crippen LogP contribution is -2.43. The zero-order valence-corrected chi connectivity index (χ0v) is 7.23. The number of methoxy groups -OCH3 is 1. The summed E-state index contributed by atoms with van der Waals surface area (Å²) < 4.78 is 9.59. The van der Waals surface area contributed by atoms with Crippen LogP contribution in [-0.2, 0) is 19.1 Å². The minimum atomic E-state index is -0.433. The summed E-state index contributed by atoms with van der Waals surface area (Å²) in [7, 11) is 1.33. The van der Waals surface area contributed by atoms with Crippen LogP contribution in [0.25, 0.3) is 0 Å². The Morgan fingerprint density at radius 2 is 2.38 bits per heavy atom. The van der Waals surface area contributed by atoms with Gasteiger partial charge in [-0.05, 0) is 6.08 Å². The molecule has 2 heterocycles. The predicted octanol–water partition coefficient (Wildman–Crippen LogP) is 0.277. The number of hydrogen-bond acceptors (Lipinski definition) is 4. The van der Waals surface area contributed by atoms with Gasteiger partial charge in [-0.25, -0.2) is 0 Å². The van der Waals surface area contributed by atoms with Crippen LogP contribution in [0.1, 0.15) is 6.42 Å². The quantitative estimate of drug-likeness (QED) is 0.431. The standard InChI is InChI=1S/C9H10O4/c1-12-8(10)7-4-5-2-3-6(7)9(11)13-5/h2-3,5-7H,4H2,1H3/t5-,6+,7-/m0/s1. The van der Waals surface area contributed by atoms with Crippen LogP contribution < -0.4 is 0 Å². The maximum absolute atomic E-state index is 11.2. The first kappa shape index (κ1) is 8.29. The average molecular weight is 182 g/mol. The molecule has 3 aliphatic rings. The van der Waals surface area contributed by atoms with Crippen LogP contribution in [0.4, 0.5) is 0 Å². The first-order valence-electron chi connectivity index (χ1n) is 4.19. The van der Waals surface area contributed by atoms with Crippen molar-refractivity contribution < 1.29 is 19.1 Å². The molecule has 70 valence electrons. The number of ether oxygens (including phenoxy) is 2. The fraction of sp³-hybridized carbons (Fsp3) is 0.556. The van der Waals surface area contributed by atoms with E-state index in [0.717, 1.165) is 0 Å². The highest BCUT2D eigenvalue weighted by atomic mass is 16.6. The predicted molar refractivity (Wildman–Crippen MR) is 42.6 cm³/mol. The molecule has 1 saturated heterocycles. The Bertz CT molecular complexity index is 281. The zero-order chi connectivity index (χ0) is 9.42. The molecule has 3 rings (SSSR count). The van der Waals surface area contributed by atoms with Crippen molar-refractivity contribution >= 4 is 11.9 Å². The average Bonchev–Trinajstić information content (AvgIpc) is 2.17. The fourth-order valence-electron chi connectivity index (χ4n) is 1.81. The third kappa shape index (κ3) is 1.22. The molecular weight excluding hydrogens is 172 g/mol. The van der Waals surface area contributed by atoms with Gasteiger partial charge in [0.2, 0.25) is 0 Å². The van der Waals surface area contributed by atoms with Gasteiger partial charge in [0.1, 0.15) is 6.10 Å². The Morgan fingerprint density at radius 1 is 1.62 bits per heavy atom. The molecule has 2 aliphatic heterocycles. The summed E-state index contributed by atoms with van der Waals surface area (Å²) in [6, 6.07) is 0. The minimum absolute atomic E-state index is 0.235. The van der Waals surface area contributed by atoms with Gasteiger partial charge in [0.15, 0.2) is 0 Å². The van der Waals surface area contributed by atoms with Gasteiger partial charge in [-0.3, -0.25) is 9.59 Å². The Labute approximate surface area is 75.5 Å². The van der Waals surface area contributed by atoms with Crippen LogP contribution in [0, 0.1) is 11.8 Å². The monoisotopic (exact) mass is 182 g/mol. The summed E-state index contributed by atoms with van der Waals surface area (Å²) in [5.41, 5.74) is 0. The molecule has 0 spiro atoms. The molecular formula is C9H10O4. The van der Waals surface area contributed by atoms with Gasteiger partial charge in [0, 0.05) is 6.42 Å². The van der Waals surface area contributed by atoms with E-state index in [9.17, 15) is 9.59 Å². The van der Waals surface area contributed by atoms with Gasteiger partial charge in [0.05, 0.1) is 18.9 Å². The summed E-state index contributed by atoms with van der Waals surface area (Å²) in [6.07, 6.45) is 3.88. The number of rotatable bonds is 1. The van der Waals surface area contributed by atoms with Gasteiger partial charge >= 0.3 is 11.9 Å². The molecule has 0 saturated carbocycles. The van der Waals surface area contributed by atoms with Crippen molar-refractivity contribution in [2.24, 2.45) is 11.8 Å². The SMILES string of the molecule is COC(=O)[C@H]1C[C@@H]2C=C[C@H]1C(=O)O2. The smallest absolute Gasteiger partial charge is 0.314 e. The lowest BCUT2D eigenvalue weighted by molar-refractivity contribution is -0.170. The molecule has 0 unspecified atom stereocenters. The molecule has 4 heteroatoms. The van der Waals surface area contributed by atoms with E-state index in [4.69, 9.17) is 4.74 Å². The molecule has 0 aromatic carbocycles. The Kier molecular flexibility index (Phi) is 1.83. The minimum Gasteiger partial charge on any atom is -0.469 e. The molecule has 1 aliphatic carbocycles. The van der Waals surface area contributed by atoms with Gasteiger partial charge in [-0.1, -0.05) is 6.08 Å². The molecule has 2 bridgehead atoms. The third-order valence-corrected chi connectivity index (χ3v) is 2.50. The van der Waals surface area contributed by atoms with Crippen LogP contribution in [0.5, 0.6) is 0 Å². The summed E-state index contributed by atoms with van der Waals surface area (Å²) in [5.74, 6) is -1.41.